The third-order valence-electron chi connectivity index (χ3n) is 3.93. The highest BCUT2D eigenvalue weighted by atomic mass is 32.2. The Morgan fingerprint density at radius 1 is 1.38 bits per heavy atom. The van der Waals surface area contributed by atoms with Crippen LogP contribution in [0.3, 0.4) is 0 Å². The van der Waals surface area contributed by atoms with E-state index >= 15 is 0 Å². The molecule has 1 N–H and O–H groups in total. The van der Waals surface area contributed by atoms with Gasteiger partial charge in [0.05, 0.1) is 5.92 Å². The summed E-state index contributed by atoms with van der Waals surface area (Å²) in [5, 5.41) is 3.08. The molecule has 1 heterocycles. The monoisotopic (exact) mass is 306 g/mol. The van der Waals surface area contributed by atoms with Gasteiger partial charge in [-0.1, -0.05) is 29.8 Å². The molecule has 0 bridgehead atoms. The van der Waals surface area contributed by atoms with Crippen LogP contribution in [-0.4, -0.2) is 43.2 Å². The second-order valence-electron chi connectivity index (χ2n) is 5.93. The van der Waals surface area contributed by atoms with Gasteiger partial charge in [0.1, 0.15) is 0 Å². The summed E-state index contributed by atoms with van der Waals surface area (Å²) in [5.74, 6) is 2.41. The van der Waals surface area contributed by atoms with Gasteiger partial charge in [-0.25, -0.2) is 0 Å². The molecule has 0 spiro atoms. The molecule has 2 rings (SSSR count). The number of amides is 1. The van der Waals surface area contributed by atoms with Gasteiger partial charge < -0.3 is 10.2 Å². The lowest BCUT2D eigenvalue weighted by Gasteiger charge is -2.28. The molecule has 4 heteroatoms. The van der Waals surface area contributed by atoms with Gasteiger partial charge in [0.15, 0.2) is 0 Å². The van der Waals surface area contributed by atoms with Crippen LogP contribution in [0.2, 0.25) is 0 Å². The van der Waals surface area contributed by atoms with Crippen molar-refractivity contribution >= 4 is 17.7 Å². The van der Waals surface area contributed by atoms with Crippen LogP contribution >= 0.6 is 11.8 Å². The molecule has 21 heavy (non-hydrogen) atoms. The van der Waals surface area contributed by atoms with Crippen molar-refractivity contribution in [2.24, 2.45) is 5.92 Å². The van der Waals surface area contributed by atoms with E-state index in [1.807, 2.05) is 11.8 Å². The number of rotatable bonds is 6. The maximum atomic E-state index is 12.1. The molecule has 1 aliphatic rings. The van der Waals surface area contributed by atoms with Crippen molar-refractivity contribution in [2.75, 3.05) is 32.4 Å². The number of nitrogens with zero attached hydrogens (tertiary/aromatic N) is 1. The van der Waals surface area contributed by atoms with E-state index in [1.165, 1.54) is 11.1 Å². The normalized spacial score (nSPS) is 19.4. The fourth-order valence-electron chi connectivity index (χ4n) is 2.65. The highest BCUT2D eigenvalue weighted by Gasteiger charge is 2.23. The lowest BCUT2D eigenvalue weighted by atomic mass is 9.98. The average Bonchev–Trinajstić information content (AvgIpc) is 2.48. The predicted octanol–water partition coefficient (Wildman–Crippen LogP) is 2.69. The van der Waals surface area contributed by atoms with Crippen LogP contribution in [0, 0.1) is 12.8 Å². The number of piperidine rings is 1. The van der Waals surface area contributed by atoms with Crippen molar-refractivity contribution in [1.29, 1.82) is 0 Å². The number of nitrogens with one attached hydrogen (secondary N) is 1. The Bertz CT molecular complexity index is 447. The quantitative estimate of drug-likeness (QED) is 0.820. The minimum Gasteiger partial charge on any atom is -0.355 e. The summed E-state index contributed by atoms with van der Waals surface area (Å²) >= 11 is 1.88. The van der Waals surface area contributed by atoms with Gasteiger partial charge in [0.2, 0.25) is 5.91 Å². The molecule has 0 aliphatic carbocycles. The molecule has 1 aromatic carbocycles. The Hall–Kier alpha value is -1.00. The van der Waals surface area contributed by atoms with Crippen molar-refractivity contribution in [2.45, 2.75) is 25.5 Å². The SMILES string of the molecule is Cc1ccc(CSCCNC(=O)C2CCCN(C)C2)cc1. The van der Waals surface area contributed by atoms with Crippen molar-refractivity contribution in [1.82, 2.24) is 10.2 Å². The molecule has 1 atom stereocenters. The van der Waals surface area contributed by atoms with E-state index in [2.05, 4.69) is 48.5 Å². The van der Waals surface area contributed by atoms with Crippen LogP contribution in [0.1, 0.15) is 24.0 Å². The molecular weight excluding hydrogens is 280 g/mol. The number of hydrogen-bond donors (Lipinski definition) is 1. The Morgan fingerprint density at radius 3 is 2.86 bits per heavy atom. The van der Waals surface area contributed by atoms with Crippen LogP contribution in [-0.2, 0) is 10.5 Å². The Labute approximate surface area is 132 Å². The molecule has 1 aromatic rings. The van der Waals surface area contributed by atoms with E-state index in [0.29, 0.717) is 0 Å². The number of thioether (sulfide) groups is 1. The zero-order valence-electron chi connectivity index (χ0n) is 13.1. The molecule has 1 saturated heterocycles. The van der Waals surface area contributed by atoms with Crippen LogP contribution in [0.25, 0.3) is 0 Å². The van der Waals surface area contributed by atoms with Gasteiger partial charge in [0.25, 0.3) is 0 Å². The molecule has 1 amide bonds. The van der Waals surface area contributed by atoms with Crippen LogP contribution in [0.5, 0.6) is 0 Å². The zero-order valence-corrected chi connectivity index (χ0v) is 13.9. The lowest BCUT2D eigenvalue weighted by molar-refractivity contribution is -0.126. The third kappa shape index (κ3) is 5.71. The van der Waals surface area contributed by atoms with Crippen LogP contribution in [0.4, 0.5) is 0 Å². The summed E-state index contributed by atoms with van der Waals surface area (Å²) in [6.45, 7) is 4.91. The van der Waals surface area contributed by atoms with E-state index in [1.54, 1.807) is 0 Å². The lowest BCUT2D eigenvalue weighted by Crippen LogP contribution is -2.41. The van der Waals surface area contributed by atoms with E-state index in [0.717, 1.165) is 44.0 Å². The number of benzene rings is 1. The summed E-state index contributed by atoms with van der Waals surface area (Å²) in [5.41, 5.74) is 2.65. The van der Waals surface area contributed by atoms with Gasteiger partial charge in [-0.3, -0.25) is 4.79 Å². The third-order valence-corrected chi connectivity index (χ3v) is 4.96. The van der Waals surface area contributed by atoms with Crippen molar-refractivity contribution < 1.29 is 4.79 Å². The molecule has 1 unspecified atom stereocenters. The Balaban J connectivity index is 1.59. The van der Waals surface area contributed by atoms with E-state index in [4.69, 9.17) is 0 Å². The highest BCUT2D eigenvalue weighted by molar-refractivity contribution is 7.98. The summed E-state index contributed by atoms with van der Waals surface area (Å²) in [6, 6.07) is 8.66. The van der Waals surface area contributed by atoms with Crippen molar-refractivity contribution in [3.05, 3.63) is 35.4 Å². The van der Waals surface area contributed by atoms with E-state index in [-0.39, 0.29) is 11.8 Å². The van der Waals surface area contributed by atoms with Crippen LogP contribution < -0.4 is 5.32 Å². The highest BCUT2D eigenvalue weighted by Crippen LogP contribution is 2.15. The molecule has 3 nitrogen and oxygen atoms in total. The Kier molecular flexibility index (Phi) is 6.58. The van der Waals surface area contributed by atoms with E-state index in [9.17, 15) is 4.79 Å². The molecule has 116 valence electrons. The number of likely N-dealkylation sites (tertiary alicyclic amines) is 1. The fourth-order valence-corrected chi connectivity index (χ4v) is 3.46. The van der Waals surface area contributed by atoms with Gasteiger partial charge in [0, 0.05) is 24.6 Å². The minimum absolute atomic E-state index is 0.186. The smallest absolute Gasteiger partial charge is 0.224 e. The molecule has 0 aromatic heterocycles. The summed E-state index contributed by atoms with van der Waals surface area (Å²) < 4.78 is 0. The predicted molar refractivity (Wildman–Crippen MR) is 90.6 cm³/mol. The standard InChI is InChI=1S/C17H26N2OS/c1-14-5-7-15(8-6-14)13-21-11-9-18-17(20)16-4-3-10-19(2)12-16/h5-8,16H,3-4,9-13H2,1-2H3,(H,18,20). The van der Waals surface area contributed by atoms with Gasteiger partial charge >= 0.3 is 0 Å². The number of aryl methyl sites for hydroxylation is 1. The second-order valence-corrected chi connectivity index (χ2v) is 7.04. The maximum Gasteiger partial charge on any atom is 0.224 e. The van der Waals surface area contributed by atoms with Crippen molar-refractivity contribution in [3.8, 4) is 0 Å². The van der Waals surface area contributed by atoms with Crippen LogP contribution in [0.15, 0.2) is 24.3 Å². The van der Waals surface area contributed by atoms with E-state index < -0.39 is 0 Å². The first-order valence-corrected chi connectivity index (χ1v) is 8.90. The molecule has 0 radical (unpaired) electrons. The van der Waals surface area contributed by atoms with Crippen molar-refractivity contribution in [3.63, 3.8) is 0 Å². The fraction of sp³-hybridized carbons (Fsp3) is 0.588. The zero-order chi connectivity index (χ0) is 15.1. The average molecular weight is 306 g/mol. The summed E-state index contributed by atoms with van der Waals surface area (Å²) in [7, 11) is 2.09. The van der Waals surface area contributed by atoms with Gasteiger partial charge in [-0.05, 0) is 38.9 Å². The summed E-state index contributed by atoms with van der Waals surface area (Å²) in [6.07, 6.45) is 2.17. The minimum atomic E-state index is 0.186. The topological polar surface area (TPSA) is 32.3 Å². The van der Waals surface area contributed by atoms with Gasteiger partial charge in [-0.2, -0.15) is 11.8 Å². The second kappa shape index (κ2) is 8.44. The maximum absolute atomic E-state index is 12.1. The first-order chi connectivity index (χ1) is 10.1. The largest absolute Gasteiger partial charge is 0.355 e. The molecular formula is C17H26N2OS. The summed E-state index contributed by atoms with van der Waals surface area (Å²) in [4.78, 5) is 14.3. The molecule has 1 fully saturated rings. The first kappa shape index (κ1) is 16.4. The Morgan fingerprint density at radius 2 is 2.14 bits per heavy atom. The number of hydrogen-bond acceptors (Lipinski definition) is 3. The first-order valence-electron chi connectivity index (χ1n) is 7.74. The molecule has 0 saturated carbocycles. The number of carbonyl (C=O) groups excluding carboxylic acids is 1. The molecule has 1 aliphatic heterocycles. The number of carbonyl (C=O) groups is 1. The van der Waals surface area contributed by atoms with Gasteiger partial charge in [-0.15, -0.1) is 0 Å².